The van der Waals surface area contributed by atoms with Crippen molar-refractivity contribution in [1.29, 1.82) is 0 Å². The minimum Gasteiger partial charge on any atom is -0.374 e. The summed E-state index contributed by atoms with van der Waals surface area (Å²) in [7, 11) is 1.73. The number of likely N-dealkylation sites (tertiary alicyclic amines) is 1. The van der Waals surface area contributed by atoms with Gasteiger partial charge in [0.1, 0.15) is 0 Å². The van der Waals surface area contributed by atoms with Crippen molar-refractivity contribution in [3.8, 4) is 0 Å². The lowest BCUT2D eigenvalue weighted by Crippen LogP contribution is -2.58. The number of rotatable bonds is 2. The maximum absolute atomic E-state index is 11.5. The van der Waals surface area contributed by atoms with Gasteiger partial charge >= 0.3 is 0 Å². The molecule has 1 rings (SSSR count). The fourth-order valence-electron chi connectivity index (χ4n) is 2.77. The highest BCUT2D eigenvalue weighted by molar-refractivity contribution is 5.74. The van der Waals surface area contributed by atoms with Gasteiger partial charge in [-0.3, -0.25) is 4.79 Å². The molecule has 0 spiro atoms. The largest absolute Gasteiger partial charge is 0.374 e. The third kappa shape index (κ3) is 2.14. The first-order valence-corrected chi connectivity index (χ1v) is 5.74. The van der Waals surface area contributed by atoms with Gasteiger partial charge in [0.15, 0.2) is 0 Å². The molecule has 0 aliphatic carbocycles. The molecule has 0 aromatic rings. The van der Waals surface area contributed by atoms with Gasteiger partial charge in [0.2, 0.25) is 5.91 Å². The molecule has 1 saturated heterocycles. The van der Waals surface area contributed by atoms with E-state index < -0.39 is 0 Å². The molecule has 1 aliphatic rings. The first kappa shape index (κ1) is 13.2. The molecule has 1 heterocycles. The number of ether oxygens (including phenoxy) is 1. The molecule has 0 saturated carbocycles. The smallest absolute Gasteiger partial charge is 0.219 e. The molecule has 0 bridgehead atoms. The van der Waals surface area contributed by atoms with Gasteiger partial charge in [-0.2, -0.15) is 0 Å². The first-order chi connectivity index (χ1) is 7.25. The van der Waals surface area contributed by atoms with Crippen LogP contribution in [0.4, 0.5) is 0 Å². The van der Waals surface area contributed by atoms with Crippen molar-refractivity contribution in [2.24, 2.45) is 0 Å². The van der Waals surface area contributed by atoms with Gasteiger partial charge in [-0.05, 0) is 32.8 Å². The Morgan fingerprint density at radius 3 is 2.25 bits per heavy atom. The molecule has 3 nitrogen and oxygen atoms in total. The van der Waals surface area contributed by atoms with Crippen LogP contribution in [0.15, 0.2) is 12.2 Å². The van der Waals surface area contributed by atoms with Crippen LogP contribution in [-0.2, 0) is 9.53 Å². The SMILES string of the molecule is C=C(C)C1(OC)CCN(C(C)=O)C(C)(C)C1. The number of nitrogens with zero attached hydrogens (tertiary/aromatic N) is 1. The quantitative estimate of drug-likeness (QED) is 0.675. The molecule has 0 aromatic heterocycles. The summed E-state index contributed by atoms with van der Waals surface area (Å²) >= 11 is 0. The third-order valence-electron chi connectivity index (χ3n) is 3.74. The summed E-state index contributed by atoms with van der Waals surface area (Å²) in [5, 5.41) is 0. The molecule has 0 radical (unpaired) electrons. The van der Waals surface area contributed by atoms with Crippen molar-refractivity contribution in [3.05, 3.63) is 12.2 Å². The summed E-state index contributed by atoms with van der Waals surface area (Å²) in [5.41, 5.74) is 0.611. The van der Waals surface area contributed by atoms with Crippen molar-refractivity contribution in [2.75, 3.05) is 13.7 Å². The van der Waals surface area contributed by atoms with Crippen LogP contribution in [0.5, 0.6) is 0 Å². The van der Waals surface area contributed by atoms with Crippen LogP contribution >= 0.6 is 0 Å². The molecular weight excluding hydrogens is 202 g/mol. The van der Waals surface area contributed by atoms with Crippen LogP contribution in [0.2, 0.25) is 0 Å². The van der Waals surface area contributed by atoms with Crippen molar-refractivity contribution in [3.63, 3.8) is 0 Å². The monoisotopic (exact) mass is 225 g/mol. The van der Waals surface area contributed by atoms with Gasteiger partial charge in [0.25, 0.3) is 0 Å². The third-order valence-corrected chi connectivity index (χ3v) is 3.74. The van der Waals surface area contributed by atoms with E-state index in [0.717, 1.165) is 25.0 Å². The van der Waals surface area contributed by atoms with Gasteiger partial charge in [0, 0.05) is 32.5 Å². The van der Waals surface area contributed by atoms with Gasteiger partial charge in [-0.1, -0.05) is 6.58 Å². The van der Waals surface area contributed by atoms with Crippen LogP contribution in [0.3, 0.4) is 0 Å². The number of amides is 1. The van der Waals surface area contributed by atoms with Crippen LogP contribution in [0, 0.1) is 0 Å². The fourth-order valence-corrected chi connectivity index (χ4v) is 2.77. The number of hydrogen-bond acceptors (Lipinski definition) is 2. The normalized spacial score (nSPS) is 28.9. The second kappa shape index (κ2) is 4.21. The Hall–Kier alpha value is -0.830. The van der Waals surface area contributed by atoms with Crippen LogP contribution in [0.25, 0.3) is 0 Å². The standard InChI is InChI=1S/C13H23NO2/c1-10(2)13(16-6)7-8-14(11(3)15)12(4,5)9-13/h1,7-9H2,2-6H3. The summed E-state index contributed by atoms with van der Waals surface area (Å²) in [4.78, 5) is 13.5. The zero-order chi connectivity index (χ0) is 12.6. The van der Waals surface area contributed by atoms with E-state index in [1.807, 2.05) is 11.8 Å². The maximum Gasteiger partial charge on any atom is 0.219 e. The van der Waals surface area contributed by atoms with Crippen LogP contribution in [0.1, 0.15) is 40.5 Å². The zero-order valence-corrected chi connectivity index (χ0v) is 11.1. The van der Waals surface area contributed by atoms with Crippen molar-refractivity contribution in [2.45, 2.75) is 51.7 Å². The highest BCUT2D eigenvalue weighted by Crippen LogP contribution is 2.40. The lowest BCUT2D eigenvalue weighted by Gasteiger charge is -2.51. The van der Waals surface area contributed by atoms with E-state index in [-0.39, 0.29) is 17.0 Å². The predicted molar refractivity (Wildman–Crippen MR) is 65.3 cm³/mol. The molecule has 0 aromatic carbocycles. The Balaban J connectivity index is 2.96. The van der Waals surface area contributed by atoms with E-state index in [1.165, 1.54) is 0 Å². The van der Waals surface area contributed by atoms with Crippen LogP contribution in [-0.4, -0.2) is 35.6 Å². The topological polar surface area (TPSA) is 29.5 Å². The molecule has 16 heavy (non-hydrogen) atoms. The summed E-state index contributed by atoms with van der Waals surface area (Å²) in [6, 6.07) is 0. The fraction of sp³-hybridized carbons (Fsp3) is 0.769. The van der Waals surface area contributed by atoms with Crippen molar-refractivity contribution < 1.29 is 9.53 Å². The van der Waals surface area contributed by atoms with E-state index in [2.05, 4.69) is 20.4 Å². The Kier molecular flexibility index (Phi) is 3.48. The molecule has 3 heteroatoms. The van der Waals surface area contributed by atoms with Crippen LogP contribution < -0.4 is 0 Å². The number of carbonyl (C=O) groups excluding carboxylic acids is 1. The van der Waals surface area contributed by atoms with E-state index in [4.69, 9.17) is 4.74 Å². The molecule has 1 unspecified atom stereocenters. The highest BCUT2D eigenvalue weighted by atomic mass is 16.5. The summed E-state index contributed by atoms with van der Waals surface area (Å²) in [5.74, 6) is 0.136. The lowest BCUT2D eigenvalue weighted by atomic mass is 9.75. The van der Waals surface area contributed by atoms with E-state index in [9.17, 15) is 4.79 Å². The Morgan fingerprint density at radius 2 is 1.94 bits per heavy atom. The Morgan fingerprint density at radius 1 is 1.38 bits per heavy atom. The molecule has 1 aliphatic heterocycles. The molecular formula is C13H23NO2. The summed E-state index contributed by atoms with van der Waals surface area (Å²) in [6.07, 6.45) is 1.65. The second-order valence-electron chi connectivity index (χ2n) is 5.39. The molecule has 0 N–H and O–H groups in total. The van der Waals surface area contributed by atoms with Gasteiger partial charge < -0.3 is 9.64 Å². The lowest BCUT2D eigenvalue weighted by molar-refractivity contribution is -0.144. The average molecular weight is 225 g/mol. The number of carbonyl (C=O) groups is 1. The minimum absolute atomic E-state index is 0.136. The maximum atomic E-state index is 11.5. The number of piperidine rings is 1. The highest BCUT2D eigenvalue weighted by Gasteiger charge is 2.45. The molecule has 1 atom stereocenters. The van der Waals surface area contributed by atoms with E-state index in [0.29, 0.717) is 0 Å². The molecule has 1 fully saturated rings. The summed E-state index contributed by atoms with van der Waals surface area (Å²) < 4.78 is 5.67. The Labute approximate surface area is 98.5 Å². The van der Waals surface area contributed by atoms with Crippen molar-refractivity contribution in [1.82, 2.24) is 4.90 Å². The molecule has 1 amide bonds. The minimum atomic E-state index is -0.268. The van der Waals surface area contributed by atoms with E-state index >= 15 is 0 Å². The number of hydrogen-bond donors (Lipinski definition) is 0. The summed E-state index contributed by atoms with van der Waals surface area (Å²) in [6.45, 7) is 12.6. The zero-order valence-electron chi connectivity index (χ0n) is 11.1. The van der Waals surface area contributed by atoms with E-state index in [1.54, 1.807) is 14.0 Å². The van der Waals surface area contributed by atoms with Gasteiger partial charge in [-0.15, -0.1) is 0 Å². The molecule has 92 valence electrons. The average Bonchev–Trinajstić information content (AvgIpc) is 2.14. The predicted octanol–water partition coefficient (Wildman–Crippen LogP) is 2.37. The van der Waals surface area contributed by atoms with Crippen molar-refractivity contribution >= 4 is 5.91 Å². The van der Waals surface area contributed by atoms with Gasteiger partial charge in [-0.25, -0.2) is 0 Å². The number of methoxy groups -OCH3 is 1. The Bertz CT molecular complexity index is 309. The van der Waals surface area contributed by atoms with Gasteiger partial charge in [0.05, 0.1) is 5.60 Å². The first-order valence-electron chi connectivity index (χ1n) is 5.74. The second-order valence-corrected chi connectivity index (χ2v) is 5.39.